The Morgan fingerprint density at radius 1 is 0.970 bits per heavy atom. The fraction of sp³-hybridized carbons (Fsp3) is 0.167. The molecule has 0 unspecified atom stereocenters. The number of carbonyl (C=O) groups excluding carboxylic acids is 3. The second kappa shape index (κ2) is 7.53. The maximum absolute atomic E-state index is 13.1. The normalized spacial score (nSPS) is 14.3. The van der Waals surface area contributed by atoms with Crippen molar-refractivity contribution in [3.63, 3.8) is 0 Å². The fourth-order valence-corrected chi connectivity index (χ4v) is 4.03. The Kier molecular flexibility index (Phi) is 4.64. The molecule has 3 aromatic rings. The largest absolute Gasteiger partial charge is 0.331 e. The summed E-state index contributed by atoms with van der Waals surface area (Å²) in [5, 5.41) is 11.8. The lowest BCUT2D eigenvalue weighted by Gasteiger charge is -2.20. The molecule has 1 saturated carbocycles. The summed E-state index contributed by atoms with van der Waals surface area (Å²) < 4.78 is 2.01. The second-order valence-corrected chi connectivity index (χ2v) is 7.95. The summed E-state index contributed by atoms with van der Waals surface area (Å²) in [5.41, 5.74) is -0.905. The summed E-state index contributed by atoms with van der Waals surface area (Å²) in [6.45, 7) is -0.637. The lowest BCUT2D eigenvalue weighted by molar-refractivity contribution is -0.116. The first kappa shape index (κ1) is 20.3. The van der Waals surface area contributed by atoms with E-state index >= 15 is 0 Å². The average molecular weight is 440 g/mol. The fourth-order valence-electron chi connectivity index (χ4n) is 4.03. The monoisotopic (exact) mass is 440 g/mol. The molecule has 1 aromatic heterocycles. The van der Waals surface area contributed by atoms with E-state index in [0.29, 0.717) is 10.1 Å². The van der Waals surface area contributed by atoms with Crippen molar-refractivity contribution in [3.05, 3.63) is 97.3 Å². The summed E-state index contributed by atoms with van der Waals surface area (Å²) in [5.74, 6) is -1.48. The van der Waals surface area contributed by atoms with Crippen molar-refractivity contribution in [3.8, 4) is 6.07 Å². The second-order valence-electron chi connectivity index (χ2n) is 7.95. The zero-order valence-electron chi connectivity index (χ0n) is 17.2. The van der Waals surface area contributed by atoms with Crippen LogP contribution >= 0.6 is 0 Å². The minimum atomic E-state index is -0.857. The minimum Gasteiger partial charge on any atom is -0.324 e. The van der Waals surface area contributed by atoms with Crippen molar-refractivity contribution in [1.82, 2.24) is 9.13 Å². The Hall–Kier alpha value is -4.58. The first-order valence-electron chi connectivity index (χ1n) is 10.3. The van der Waals surface area contributed by atoms with Crippen LogP contribution in [-0.2, 0) is 11.3 Å². The van der Waals surface area contributed by atoms with Crippen LogP contribution in [0.5, 0.6) is 0 Å². The van der Waals surface area contributed by atoms with Crippen LogP contribution in [0.25, 0.3) is 0 Å². The van der Waals surface area contributed by atoms with E-state index in [-0.39, 0.29) is 39.8 Å². The van der Waals surface area contributed by atoms with Gasteiger partial charge in [-0.3, -0.25) is 23.7 Å². The van der Waals surface area contributed by atoms with Crippen LogP contribution in [0.1, 0.15) is 56.3 Å². The zero-order chi connectivity index (χ0) is 23.3. The van der Waals surface area contributed by atoms with Crippen LogP contribution in [0.15, 0.2) is 58.3 Å². The van der Waals surface area contributed by atoms with Crippen LogP contribution in [0.3, 0.4) is 0 Å². The molecule has 9 nitrogen and oxygen atoms in total. The number of nitrogens with zero attached hydrogens (tertiary/aromatic N) is 3. The smallest absolute Gasteiger partial charge is 0.324 e. The van der Waals surface area contributed by atoms with Crippen molar-refractivity contribution in [1.29, 1.82) is 5.26 Å². The number of anilines is 1. The van der Waals surface area contributed by atoms with Gasteiger partial charge in [-0.25, -0.2) is 9.36 Å². The molecule has 1 N–H and O–H groups in total. The molecule has 162 valence electrons. The third-order valence-corrected chi connectivity index (χ3v) is 5.78. The van der Waals surface area contributed by atoms with Crippen molar-refractivity contribution < 1.29 is 14.4 Å². The number of hydrogen-bond acceptors (Lipinski definition) is 6. The number of amides is 1. The highest BCUT2D eigenvalue weighted by Gasteiger charge is 2.32. The van der Waals surface area contributed by atoms with Crippen LogP contribution < -0.4 is 16.6 Å². The van der Waals surface area contributed by atoms with Gasteiger partial charge in [0, 0.05) is 28.9 Å². The Labute approximate surface area is 186 Å². The molecule has 2 aliphatic carbocycles. The number of rotatable bonds is 4. The molecule has 5 rings (SSSR count). The number of benzene rings is 2. The summed E-state index contributed by atoms with van der Waals surface area (Å²) in [6, 6.07) is 12.6. The Balaban J connectivity index is 1.50. The molecule has 2 aliphatic rings. The summed E-state index contributed by atoms with van der Waals surface area (Å²) in [6.07, 6.45) is 2.73. The number of aromatic nitrogens is 2. The first-order chi connectivity index (χ1) is 15.9. The molecule has 1 fully saturated rings. The van der Waals surface area contributed by atoms with E-state index < -0.39 is 29.5 Å². The molecule has 0 saturated heterocycles. The molecule has 9 heteroatoms. The molecule has 2 aromatic carbocycles. The van der Waals surface area contributed by atoms with Gasteiger partial charge in [0.1, 0.15) is 18.2 Å². The van der Waals surface area contributed by atoms with Crippen LogP contribution in [0.2, 0.25) is 0 Å². The van der Waals surface area contributed by atoms with Gasteiger partial charge in [-0.05, 0) is 18.9 Å². The van der Waals surface area contributed by atoms with Crippen molar-refractivity contribution >= 4 is 23.2 Å². The van der Waals surface area contributed by atoms with Crippen LogP contribution in [-0.4, -0.2) is 26.6 Å². The minimum absolute atomic E-state index is 0.0584. The Bertz CT molecular complexity index is 1540. The van der Waals surface area contributed by atoms with E-state index in [9.17, 15) is 29.2 Å². The molecule has 0 spiro atoms. The number of hydrogen-bond donors (Lipinski definition) is 1. The third kappa shape index (κ3) is 3.29. The van der Waals surface area contributed by atoms with Gasteiger partial charge < -0.3 is 5.32 Å². The molecular formula is C24H16N4O5. The van der Waals surface area contributed by atoms with Gasteiger partial charge in [-0.15, -0.1) is 0 Å². The summed E-state index contributed by atoms with van der Waals surface area (Å²) in [7, 11) is 0. The molecule has 0 atom stereocenters. The average Bonchev–Trinajstić information content (AvgIpc) is 3.65. The van der Waals surface area contributed by atoms with E-state index in [0.717, 1.165) is 12.8 Å². The predicted octanol–water partition coefficient (Wildman–Crippen LogP) is 1.63. The first-order valence-corrected chi connectivity index (χ1v) is 10.3. The zero-order valence-corrected chi connectivity index (χ0v) is 17.2. The maximum atomic E-state index is 13.1. The number of nitriles is 1. The van der Waals surface area contributed by atoms with Crippen molar-refractivity contribution in [2.75, 3.05) is 5.32 Å². The topological polar surface area (TPSA) is 131 Å². The number of nitrogens with one attached hydrogen (secondary N) is 1. The van der Waals surface area contributed by atoms with E-state index in [1.54, 1.807) is 30.3 Å². The molecular weight excluding hydrogens is 424 g/mol. The van der Waals surface area contributed by atoms with Gasteiger partial charge in [-0.2, -0.15) is 5.26 Å². The quantitative estimate of drug-likeness (QED) is 0.513. The standard InChI is InChI=1S/C24H16N4O5/c25-10-13-11-27(14-8-9-14)24(33)28(23(13)32)12-19(29)26-18-7-3-6-17-20(18)22(31)16-5-2-1-4-15(16)21(17)30/h1-7,11,14H,8-9,12H2,(H,26,29). The van der Waals surface area contributed by atoms with Gasteiger partial charge in [0.25, 0.3) is 5.56 Å². The van der Waals surface area contributed by atoms with Gasteiger partial charge >= 0.3 is 5.69 Å². The van der Waals surface area contributed by atoms with Crippen LogP contribution in [0.4, 0.5) is 5.69 Å². The maximum Gasteiger partial charge on any atom is 0.331 e. The summed E-state index contributed by atoms with van der Waals surface area (Å²) >= 11 is 0. The van der Waals surface area contributed by atoms with Gasteiger partial charge in [-0.1, -0.05) is 36.4 Å². The van der Waals surface area contributed by atoms with Crippen molar-refractivity contribution in [2.24, 2.45) is 0 Å². The van der Waals surface area contributed by atoms with E-state index in [1.807, 2.05) is 0 Å². The van der Waals surface area contributed by atoms with Gasteiger partial charge in [0.15, 0.2) is 11.6 Å². The molecule has 33 heavy (non-hydrogen) atoms. The lowest BCUT2D eigenvalue weighted by Crippen LogP contribution is -2.43. The predicted molar refractivity (Wildman–Crippen MR) is 116 cm³/mol. The highest BCUT2D eigenvalue weighted by atomic mass is 16.2. The highest BCUT2D eigenvalue weighted by molar-refractivity contribution is 6.30. The van der Waals surface area contributed by atoms with E-state index in [1.165, 1.54) is 29.0 Å². The molecule has 0 aliphatic heterocycles. The van der Waals surface area contributed by atoms with Gasteiger partial charge in [0.2, 0.25) is 5.91 Å². The SMILES string of the molecule is N#Cc1cn(C2CC2)c(=O)n(CC(=O)Nc2cccc3c2C(=O)c2ccccc2C3=O)c1=O. The Morgan fingerprint density at radius 3 is 2.30 bits per heavy atom. The molecule has 0 radical (unpaired) electrons. The third-order valence-electron chi connectivity index (χ3n) is 5.78. The molecule has 1 amide bonds. The van der Waals surface area contributed by atoms with Crippen LogP contribution in [0, 0.1) is 11.3 Å². The summed E-state index contributed by atoms with van der Waals surface area (Å²) in [4.78, 5) is 64.0. The van der Waals surface area contributed by atoms with E-state index in [2.05, 4.69) is 5.32 Å². The molecule has 0 bridgehead atoms. The van der Waals surface area contributed by atoms with E-state index in [4.69, 9.17) is 0 Å². The number of ketones is 2. The van der Waals surface area contributed by atoms with Crippen molar-refractivity contribution in [2.45, 2.75) is 25.4 Å². The highest BCUT2D eigenvalue weighted by Crippen LogP contribution is 2.33. The molecule has 1 heterocycles. The van der Waals surface area contributed by atoms with Gasteiger partial charge in [0.05, 0.1) is 11.3 Å². The number of carbonyl (C=O) groups is 3. The lowest BCUT2D eigenvalue weighted by atomic mass is 9.83. The Morgan fingerprint density at radius 2 is 1.64 bits per heavy atom. The number of fused-ring (bicyclic) bond motifs is 2.